The van der Waals surface area contributed by atoms with Gasteiger partial charge in [-0.15, -0.1) is 0 Å². The third kappa shape index (κ3) is 5.05. The molecule has 6 nitrogen and oxygen atoms in total. The van der Waals surface area contributed by atoms with Crippen LogP contribution in [0.2, 0.25) is 5.02 Å². The van der Waals surface area contributed by atoms with E-state index < -0.39 is 5.97 Å². The molecule has 0 atom stereocenters. The Morgan fingerprint density at radius 3 is 2.53 bits per heavy atom. The molecule has 1 fully saturated rings. The van der Waals surface area contributed by atoms with Gasteiger partial charge in [-0.05, 0) is 60.7 Å². The van der Waals surface area contributed by atoms with Crippen LogP contribution < -0.4 is 9.64 Å². The van der Waals surface area contributed by atoms with Crippen LogP contribution in [-0.2, 0) is 27.2 Å². The molecule has 0 N–H and O–H groups in total. The van der Waals surface area contributed by atoms with Crippen molar-refractivity contribution in [1.82, 2.24) is 4.90 Å². The number of esters is 1. The highest BCUT2D eigenvalue weighted by Crippen LogP contribution is 2.26. The Morgan fingerprint density at radius 1 is 0.933 bits per heavy atom. The first kappa shape index (κ1) is 20.5. The van der Waals surface area contributed by atoms with Gasteiger partial charge in [0.05, 0.1) is 0 Å². The summed E-state index contributed by atoms with van der Waals surface area (Å²) < 4.78 is 10.6. The number of anilines is 1. The normalized spacial score (nSPS) is 15.6. The van der Waals surface area contributed by atoms with Gasteiger partial charge in [0.25, 0.3) is 5.91 Å². The first-order chi connectivity index (χ1) is 14.6. The molecule has 158 valence electrons. The number of halogens is 1. The second-order valence-corrected chi connectivity index (χ2v) is 8.02. The molecule has 1 amide bonds. The van der Waals surface area contributed by atoms with Gasteiger partial charge in [0.15, 0.2) is 13.2 Å². The molecule has 1 saturated heterocycles. The van der Waals surface area contributed by atoms with E-state index in [1.54, 1.807) is 4.90 Å². The summed E-state index contributed by atoms with van der Waals surface area (Å²) in [6.45, 7) is 2.12. The molecule has 4 rings (SSSR count). The molecule has 0 radical (unpaired) electrons. The van der Waals surface area contributed by atoms with E-state index in [-0.39, 0.29) is 19.1 Å². The van der Waals surface area contributed by atoms with Crippen LogP contribution in [-0.4, -0.2) is 56.2 Å². The fraction of sp³-hybridized carbons (Fsp3) is 0.391. The van der Waals surface area contributed by atoms with Gasteiger partial charge in [-0.25, -0.2) is 4.79 Å². The lowest BCUT2D eigenvalue weighted by Gasteiger charge is -2.36. The third-order valence-corrected chi connectivity index (χ3v) is 5.82. The maximum Gasteiger partial charge on any atom is 0.344 e. The molecule has 0 unspecified atom stereocenters. The predicted molar refractivity (Wildman–Crippen MR) is 115 cm³/mol. The van der Waals surface area contributed by atoms with E-state index in [2.05, 4.69) is 11.0 Å². The van der Waals surface area contributed by atoms with Crippen LogP contribution in [0.15, 0.2) is 42.5 Å². The number of hydrogen-bond acceptors (Lipinski definition) is 5. The quantitative estimate of drug-likeness (QED) is 0.662. The third-order valence-electron chi connectivity index (χ3n) is 5.59. The zero-order chi connectivity index (χ0) is 20.9. The average molecular weight is 429 g/mol. The summed E-state index contributed by atoms with van der Waals surface area (Å²) in [5, 5.41) is 0.694. The molecule has 2 aromatic rings. The lowest BCUT2D eigenvalue weighted by Crippen LogP contribution is -2.50. The molecule has 7 heteroatoms. The van der Waals surface area contributed by atoms with Gasteiger partial charge in [0, 0.05) is 36.9 Å². The number of nitrogens with zero attached hydrogens (tertiary/aromatic N) is 2. The molecular weight excluding hydrogens is 404 g/mol. The number of ether oxygens (including phenoxy) is 2. The van der Waals surface area contributed by atoms with E-state index in [9.17, 15) is 9.59 Å². The Balaban J connectivity index is 1.18. The molecule has 1 aliphatic heterocycles. The summed E-state index contributed by atoms with van der Waals surface area (Å²) in [4.78, 5) is 28.2. The molecule has 2 aliphatic rings. The SMILES string of the molecule is O=C(COc1ccc2c(c1)CCC2)OCC(=O)N1CCN(c2cccc(Cl)c2)CC1. The van der Waals surface area contributed by atoms with E-state index in [4.69, 9.17) is 21.1 Å². The highest BCUT2D eigenvalue weighted by molar-refractivity contribution is 6.30. The number of piperazine rings is 1. The van der Waals surface area contributed by atoms with E-state index >= 15 is 0 Å². The number of rotatable bonds is 6. The summed E-state index contributed by atoms with van der Waals surface area (Å²) in [6.07, 6.45) is 3.32. The van der Waals surface area contributed by atoms with E-state index in [0.717, 1.165) is 24.9 Å². The molecule has 30 heavy (non-hydrogen) atoms. The van der Waals surface area contributed by atoms with E-state index in [1.807, 2.05) is 36.4 Å². The smallest absolute Gasteiger partial charge is 0.344 e. The maximum absolute atomic E-state index is 12.4. The first-order valence-electron chi connectivity index (χ1n) is 10.3. The minimum Gasteiger partial charge on any atom is -0.482 e. The highest BCUT2D eigenvalue weighted by Gasteiger charge is 2.22. The van der Waals surface area contributed by atoms with Gasteiger partial charge in [0.2, 0.25) is 0 Å². The number of fused-ring (bicyclic) bond motifs is 1. The molecule has 1 aliphatic carbocycles. The van der Waals surface area contributed by atoms with Gasteiger partial charge in [-0.1, -0.05) is 23.7 Å². The Labute approximate surface area is 181 Å². The number of aryl methyl sites for hydroxylation is 2. The van der Waals surface area contributed by atoms with Gasteiger partial charge < -0.3 is 19.3 Å². The van der Waals surface area contributed by atoms with Crippen molar-refractivity contribution in [3.05, 3.63) is 58.6 Å². The van der Waals surface area contributed by atoms with E-state index in [0.29, 0.717) is 37.0 Å². The van der Waals surface area contributed by atoms with Crippen molar-refractivity contribution in [2.75, 3.05) is 44.3 Å². The van der Waals surface area contributed by atoms with Crippen LogP contribution in [0.3, 0.4) is 0 Å². The molecule has 0 spiro atoms. The fourth-order valence-electron chi connectivity index (χ4n) is 3.94. The maximum atomic E-state index is 12.4. The molecule has 0 bridgehead atoms. The molecule has 0 aromatic heterocycles. The number of amides is 1. The van der Waals surface area contributed by atoms with E-state index in [1.165, 1.54) is 11.1 Å². The van der Waals surface area contributed by atoms with Crippen molar-refractivity contribution in [3.63, 3.8) is 0 Å². The Hall–Kier alpha value is -2.73. The van der Waals surface area contributed by atoms with Gasteiger partial charge >= 0.3 is 5.97 Å². The van der Waals surface area contributed by atoms with Crippen molar-refractivity contribution in [2.45, 2.75) is 19.3 Å². The first-order valence-corrected chi connectivity index (χ1v) is 10.6. The Morgan fingerprint density at radius 2 is 1.73 bits per heavy atom. The minimum absolute atomic E-state index is 0.188. The van der Waals surface area contributed by atoms with Crippen molar-refractivity contribution >= 4 is 29.2 Å². The summed E-state index contributed by atoms with van der Waals surface area (Å²) in [5.74, 6) is -0.0656. The van der Waals surface area contributed by atoms with Crippen LogP contribution in [0.1, 0.15) is 17.5 Å². The molecule has 1 heterocycles. The second-order valence-electron chi connectivity index (χ2n) is 7.58. The molecule has 2 aromatic carbocycles. The molecule has 0 saturated carbocycles. The average Bonchev–Trinajstić information content (AvgIpc) is 3.24. The summed E-state index contributed by atoms with van der Waals surface area (Å²) in [6, 6.07) is 13.6. The van der Waals surface area contributed by atoms with Crippen molar-refractivity contribution in [3.8, 4) is 5.75 Å². The number of hydrogen-bond donors (Lipinski definition) is 0. The van der Waals surface area contributed by atoms with Gasteiger partial charge in [-0.3, -0.25) is 4.79 Å². The lowest BCUT2D eigenvalue weighted by atomic mass is 10.1. The predicted octanol–water partition coefficient (Wildman–Crippen LogP) is 3.10. The lowest BCUT2D eigenvalue weighted by molar-refractivity contribution is -0.153. The monoisotopic (exact) mass is 428 g/mol. The Bertz CT molecular complexity index is 925. The fourth-order valence-corrected chi connectivity index (χ4v) is 4.13. The van der Waals surface area contributed by atoms with Crippen LogP contribution in [0.25, 0.3) is 0 Å². The largest absolute Gasteiger partial charge is 0.482 e. The van der Waals surface area contributed by atoms with Crippen LogP contribution in [0, 0.1) is 0 Å². The van der Waals surface area contributed by atoms with Crippen LogP contribution >= 0.6 is 11.6 Å². The van der Waals surface area contributed by atoms with Gasteiger partial charge in [0.1, 0.15) is 5.75 Å². The summed E-state index contributed by atoms with van der Waals surface area (Å²) in [5.41, 5.74) is 3.68. The topological polar surface area (TPSA) is 59.1 Å². The van der Waals surface area contributed by atoms with Crippen molar-refractivity contribution < 1.29 is 19.1 Å². The number of carbonyl (C=O) groups is 2. The zero-order valence-electron chi connectivity index (χ0n) is 16.8. The van der Waals surface area contributed by atoms with Crippen LogP contribution in [0.4, 0.5) is 5.69 Å². The number of carbonyl (C=O) groups excluding carboxylic acids is 2. The summed E-state index contributed by atoms with van der Waals surface area (Å²) in [7, 11) is 0. The number of benzene rings is 2. The zero-order valence-corrected chi connectivity index (χ0v) is 17.6. The second kappa shape index (κ2) is 9.39. The van der Waals surface area contributed by atoms with Crippen molar-refractivity contribution in [1.29, 1.82) is 0 Å². The summed E-state index contributed by atoms with van der Waals surface area (Å²) >= 11 is 6.05. The van der Waals surface area contributed by atoms with Crippen LogP contribution in [0.5, 0.6) is 5.75 Å². The standard InChI is InChI=1S/C23H25ClN2O4/c24-19-5-2-6-20(14-19)25-9-11-26(12-10-25)22(27)15-30-23(28)16-29-21-8-7-17-3-1-4-18(17)13-21/h2,5-8,13-14H,1,3-4,9-12,15-16H2. The minimum atomic E-state index is -0.540. The van der Waals surface area contributed by atoms with Crippen molar-refractivity contribution in [2.24, 2.45) is 0 Å². The molecular formula is C23H25ClN2O4. The highest BCUT2D eigenvalue weighted by atomic mass is 35.5. The van der Waals surface area contributed by atoms with Gasteiger partial charge in [-0.2, -0.15) is 0 Å². The Kier molecular flexibility index (Phi) is 6.43.